The zero-order valence-corrected chi connectivity index (χ0v) is 17.8. The van der Waals surface area contributed by atoms with E-state index in [1.54, 1.807) is 0 Å². The van der Waals surface area contributed by atoms with Gasteiger partial charge in [0, 0.05) is 33.4 Å². The minimum atomic E-state index is -5.68. The van der Waals surface area contributed by atoms with Crippen LogP contribution >= 0.6 is 0 Å². The highest BCUT2D eigenvalue weighted by Crippen LogP contribution is 2.60. The van der Waals surface area contributed by atoms with Crippen molar-refractivity contribution < 1.29 is 26.3 Å². The predicted octanol–water partition coefficient (Wildman–Crippen LogP) is 4.95. The summed E-state index contributed by atoms with van der Waals surface area (Å²) in [6.07, 6.45) is -11.4. The number of nitrogens with zero attached hydrogens (tertiary/aromatic N) is 8. The van der Waals surface area contributed by atoms with Gasteiger partial charge in [0.2, 0.25) is 0 Å². The van der Waals surface area contributed by atoms with Gasteiger partial charge in [-0.15, -0.1) is 0 Å². The first-order chi connectivity index (χ1) is 17.8. The lowest BCUT2D eigenvalue weighted by molar-refractivity contribution is -0.141. The minimum Gasteiger partial charge on any atom is -0.192 e. The Hall–Kier alpha value is -6.32. The number of halogens is 6. The largest absolute Gasteiger partial charge is 0.417 e. The second kappa shape index (κ2) is 8.72. The number of hydrogen-bond donors (Lipinski definition) is 0. The molecule has 0 atom stereocenters. The third-order valence-corrected chi connectivity index (χ3v) is 5.46. The molecule has 2 aliphatic rings. The Labute approximate surface area is 207 Å². The Morgan fingerprint density at radius 3 is 0.868 bits per heavy atom. The highest BCUT2D eigenvalue weighted by atomic mass is 19.4. The summed E-state index contributed by atoms with van der Waals surface area (Å²) in [6, 6.07) is 9.69. The summed E-state index contributed by atoms with van der Waals surface area (Å²) in [6.45, 7) is 0. The van der Waals surface area contributed by atoms with E-state index in [9.17, 15) is 68.4 Å². The second-order valence-corrected chi connectivity index (χ2v) is 7.14. The number of fused-ring (bicyclic) bond motifs is 2. The second-order valence-electron chi connectivity index (χ2n) is 7.14. The van der Waals surface area contributed by atoms with Crippen LogP contribution in [0.5, 0.6) is 0 Å². The van der Waals surface area contributed by atoms with Crippen molar-refractivity contribution in [2.75, 3.05) is 0 Å². The lowest BCUT2D eigenvalue weighted by atomic mass is 9.81. The molecule has 2 aliphatic carbocycles. The molecule has 0 aliphatic heterocycles. The molecule has 0 N–H and O–H groups in total. The van der Waals surface area contributed by atoms with E-state index in [-0.39, 0.29) is 0 Å². The minimum absolute atomic E-state index is 1.14. The van der Waals surface area contributed by atoms with E-state index in [0.717, 1.165) is 0 Å². The number of allylic oxidation sites excluding steroid dienone is 8. The molecule has 0 aromatic heterocycles. The van der Waals surface area contributed by atoms with Gasteiger partial charge in [0.15, 0.2) is 0 Å². The fourth-order valence-electron chi connectivity index (χ4n) is 4.29. The summed E-state index contributed by atoms with van der Waals surface area (Å²) in [5, 5.41) is 75.7. The third-order valence-electron chi connectivity index (χ3n) is 5.46. The predicted molar refractivity (Wildman–Crippen MR) is 109 cm³/mol. The van der Waals surface area contributed by atoms with Crippen LogP contribution < -0.4 is 0 Å². The standard InChI is InChI=1S/C24F6N8/c25-23(26,27)21-18-14(8-38)12(6-36)16(10(3-33)4-34)20(18)22(24(28,29)30)17-13(7-37)11(5-35)15(19(17)21)9(1-31)2-32. The van der Waals surface area contributed by atoms with Crippen molar-refractivity contribution in [2.24, 2.45) is 0 Å². The fraction of sp³-hybridized carbons (Fsp3) is 0.0833. The topological polar surface area (TPSA) is 190 Å². The molecule has 0 amide bonds. The zero-order chi connectivity index (χ0) is 28.7. The highest BCUT2D eigenvalue weighted by Gasteiger charge is 2.53. The van der Waals surface area contributed by atoms with Crippen LogP contribution in [0.4, 0.5) is 26.3 Å². The van der Waals surface area contributed by atoms with Crippen LogP contribution in [0.2, 0.25) is 0 Å². The molecule has 14 heteroatoms. The molecule has 8 nitrogen and oxygen atoms in total. The molecular formula is C24F6N8. The molecule has 1 aromatic carbocycles. The van der Waals surface area contributed by atoms with E-state index in [4.69, 9.17) is 0 Å². The molecular weight excluding hydrogens is 514 g/mol. The Morgan fingerprint density at radius 1 is 0.421 bits per heavy atom. The van der Waals surface area contributed by atoms with Crippen LogP contribution in [0.3, 0.4) is 0 Å². The molecule has 0 heterocycles. The molecule has 0 radical (unpaired) electrons. The quantitative estimate of drug-likeness (QED) is 0.343. The summed E-state index contributed by atoms with van der Waals surface area (Å²) < 4.78 is 87.9. The molecule has 3 rings (SSSR count). The average molecular weight is 514 g/mol. The van der Waals surface area contributed by atoms with Crippen molar-refractivity contribution in [1.29, 1.82) is 42.1 Å². The SMILES string of the molecule is N#CC(C#N)=C1C(C#N)=C(C#N)c2c1c(C(F)(F)F)c1c(c2C(F)(F)F)C(=C(C#N)C#N)C(C#N)=C1C#N. The van der Waals surface area contributed by atoms with Gasteiger partial charge in [-0.25, -0.2) is 0 Å². The molecule has 0 saturated heterocycles. The molecule has 0 spiro atoms. The van der Waals surface area contributed by atoms with Crippen molar-refractivity contribution in [3.63, 3.8) is 0 Å². The Morgan fingerprint density at radius 2 is 0.684 bits per heavy atom. The maximum atomic E-state index is 14.7. The van der Waals surface area contributed by atoms with Crippen molar-refractivity contribution in [1.82, 2.24) is 0 Å². The van der Waals surface area contributed by atoms with Gasteiger partial charge >= 0.3 is 12.4 Å². The Balaban J connectivity index is 3.03. The van der Waals surface area contributed by atoms with Gasteiger partial charge in [0.1, 0.15) is 59.7 Å². The van der Waals surface area contributed by atoms with Crippen molar-refractivity contribution in [3.8, 4) is 48.6 Å². The summed E-state index contributed by atoms with van der Waals surface area (Å²) in [5.41, 5.74) is -20.1. The zero-order valence-electron chi connectivity index (χ0n) is 17.8. The van der Waals surface area contributed by atoms with Gasteiger partial charge < -0.3 is 0 Å². The molecule has 0 unspecified atom stereocenters. The van der Waals surface area contributed by atoms with Crippen LogP contribution in [-0.2, 0) is 12.4 Å². The van der Waals surface area contributed by atoms with Gasteiger partial charge in [-0.2, -0.15) is 68.4 Å². The molecule has 1 aromatic rings. The maximum absolute atomic E-state index is 14.7. The lowest BCUT2D eigenvalue weighted by Gasteiger charge is -2.24. The fourth-order valence-corrected chi connectivity index (χ4v) is 4.29. The Bertz CT molecular complexity index is 1690. The first-order valence-electron chi connectivity index (χ1n) is 9.42. The van der Waals surface area contributed by atoms with Crippen LogP contribution in [0.1, 0.15) is 33.4 Å². The molecule has 0 saturated carbocycles. The summed E-state index contributed by atoms with van der Waals surface area (Å²) in [5.74, 6) is 0. The first-order valence-corrected chi connectivity index (χ1v) is 9.42. The van der Waals surface area contributed by atoms with Crippen molar-refractivity contribution >= 4 is 22.3 Å². The normalized spacial score (nSPS) is 13.5. The van der Waals surface area contributed by atoms with Crippen molar-refractivity contribution in [3.05, 3.63) is 55.7 Å². The first kappa shape index (κ1) is 26.3. The van der Waals surface area contributed by atoms with Gasteiger partial charge in [0.25, 0.3) is 0 Å². The van der Waals surface area contributed by atoms with E-state index in [0.29, 0.717) is 0 Å². The van der Waals surface area contributed by atoms with Crippen molar-refractivity contribution in [2.45, 2.75) is 12.4 Å². The smallest absolute Gasteiger partial charge is 0.192 e. The van der Waals surface area contributed by atoms with Crippen LogP contribution in [0, 0.1) is 90.6 Å². The molecule has 38 heavy (non-hydrogen) atoms. The number of nitriles is 8. The number of benzene rings is 1. The number of rotatable bonds is 0. The van der Waals surface area contributed by atoms with E-state index >= 15 is 0 Å². The van der Waals surface area contributed by atoms with E-state index in [1.807, 2.05) is 0 Å². The molecule has 178 valence electrons. The molecule has 0 fully saturated rings. The van der Waals surface area contributed by atoms with Crippen LogP contribution in [0.15, 0.2) is 22.3 Å². The van der Waals surface area contributed by atoms with E-state index in [1.165, 1.54) is 48.6 Å². The third kappa shape index (κ3) is 3.33. The van der Waals surface area contributed by atoms with E-state index in [2.05, 4.69) is 0 Å². The maximum Gasteiger partial charge on any atom is 0.417 e. The summed E-state index contributed by atoms with van der Waals surface area (Å²) >= 11 is 0. The van der Waals surface area contributed by atoms with E-state index < -0.39 is 90.3 Å². The highest BCUT2D eigenvalue weighted by molar-refractivity contribution is 6.17. The van der Waals surface area contributed by atoms with Crippen LogP contribution in [-0.4, -0.2) is 0 Å². The van der Waals surface area contributed by atoms with Crippen LogP contribution in [0.25, 0.3) is 22.3 Å². The van der Waals surface area contributed by atoms with Gasteiger partial charge in [-0.3, -0.25) is 0 Å². The summed E-state index contributed by atoms with van der Waals surface area (Å²) in [4.78, 5) is 0. The van der Waals surface area contributed by atoms with Gasteiger partial charge in [-0.05, 0) is 0 Å². The number of hydrogen-bond acceptors (Lipinski definition) is 8. The Kier molecular flexibility index (Phi) is 6.03. The molecule has 0 bridgehead atoms. The lowest BCUT2D eigenvalue weighted by Crippen LogP contribution is -2.20. The monoisotopic (exact) mass is 514 g/mol. The number of alkyl halides is 6. The van der Waals surface area contributed by atoms with Gasteiger partial charge in [-0.1, -0.05) is 0 Å². The summed E-state index contributed by atoms with van der Waals surface area (Å²) in [7, 11) is 0. The van der Waals surface area contributed by atoms with Gasteiger partial charge in [0.05, 0.1) is 33.4 Å². The average Bonchev–Trinajstić information content (AvgIpc) is 3.34.